The van der Waals surface area contributed by atoms with Crippen molar-refractivity contribution < 1.29 is 13.2 Å². The van der Waals surface area contributed by atoms with Crippen LogP contribution in [0.25, 0.3) is 0 Å². The molecule has 0 saturated carbocycles. The van der Waals surface area contributed by atoms with E-state index in [1.54, 1.807) is 11.9 Å². The summed E-state index contributed by atoms with van der Waals surface area (Å²) in [7, 11) is 1.77. The lowest BCUT2D eigenvalue weighted by molar-refractivity contribution is -0.137. The highest BCUT2D eigenvalue weighted by atomic mass is 19.4. The number of benzene rings is 1. The van der Waals surface area contributed by atoms with Crippen LogP contribution in [-0.4, -0.2) is 13.6 Å². The quantitative estimate of drug-likeness (QED) is 0.712. The number of hydrogen-bond donors (Lipinski definition) is 0. The van der Waals surface area contributed by atoms with E-state index in [9.17, 15) is 13.2 Å². The molecule has 0 fully saturated rings. The fourth-order valence-electron chi connectivity index (χ4n) is 1.03. The molecule has 1 aromatic carbocycles. The molecular weight excluding hydrogens is 191 g/mol. The second kappa shape index (κ2) is 3.90. The Morgan fingerprint density at radius 1 is 1.21 bits per heavy atom. The van der Waals surface area contributed by atoms with Gasteiger partial charge in [0.2, 0.25) is 0 Å². The van der Waals surface area contributed by atoms with E-state index in [0.29, 0.717) is 6.54 Å². The van der Waals surface area contributed by atoms with Gasteiger partial charge in [-0.15, -0.1) is 0 Å². The Morgan fingerprint density at radius 2 is 1.71 bits per heavy atom. The molecule has 0 atom stereocenters. The Hall–Kier alpha value is -1.19. The van der Waals surface area contributed by atoms with Gasteiger partial charge in [0.25, 0.3) is 0 Å². The number of alkyl halides is 3. The van der Waals surface area contributed by atoms with Gasteiger partial charge in [-0.1, -0.05) is 0 Å². The number of halogens is 3. The van der Waals surface area contributed by atoms with Gasteiger partial charge in [0, 0.05) is 19.3 Å². The van der Waals surface area contributed by atoms with E-state index < -0.39 is 11.7 Å². The summed E-state index contributed by atoms with van der Waals surface area (Å²) in [5.41, 5.74) is 0.103. The minimum atomic E-state index is -4.26. The maximum atomic E-state index is 12.2. The Morgan fingerprint density at radius 3 is 2.07 bits per heavy atom. The fraction of sp³-hybridized carbons (Fsp3) is 0.300. The molecule has 0 unspecified atom stereocenters. The summed E-state index contributed by atoms with van der Waals surface area (Å²) < 4.78 is 36.5. The van der Waals surface area contributed by atoms with E-state index in [1.807, 2.05) is 0 Å². The van der Waals surface area contributed by atoms with Crippen molar-refractivity contribution >= 4 is 5.69 Å². The van der Waals surface area contributed by atoms with Crippen LogP contribution in [0.4, 0.5) is 18.9 Å². The van der Waals surface area contributed by atoms with Gasteiger partial charge < -0.3 is 4.90 Å². The van der Waals surface area contributed by atoms with Gasteiger partial charge in [0.15, 0.2) is 0 Å². The number of rotatable bonds is 2. The molecule has 4 heteroatoms. The van der Waals surface area contributed by atoms with Crippen molar-refractivity contribution in [1.82, 2.24) is 0 Å². The molecular formula is C10H11F3N. The van der Waals surface area contributed by atoms with Gasteiger partial charge in [0.1, 0.15) is 0 Å². The molecule has 77 valence electrons. The third-order valence-corrected chi connectivity index (χ3v) is 1.97. The molecule has 0 spiro atoms. The molecule has 0 heterocycles. The number of anilines is 1. The van der Waals surface area contributed by atoms with Gasteiger partial charge in [-0.2, -0.15) is 13.2 Å². The first-order valence-corrected chi connectivity index (χ1v) is 4.13. The zero-order valence-corrected chi connectivity index (χ0v) is 7.80. The van der Waals surface area contributed by atoms with Crippen molar-refractivity contribution in [3.8, 4) is 0 Å². The van der Waals surface area contributed by atoms with Crippen LogP contribution in [0.1, 0.15) is 5.56 Å². The van der Waals surface area contributed by atoms with Crippen LogP contribution >= 0.6 is 0 Å². The Labute approximate surface area is 81.1 Å². The van der Waals surface area contributed by atoms with Crippen LogP contribution in [0.15, 0.2) is 24.3 Å². The predicted molar refractivity (Wildman–Crippen MR) is 50.1 cm³/mol. The molecule has 1 nitrogen and oxygen atoms in total. The number of nitrogens with zero attached hydrogens (tertiary/aromatic N) is 1. The molecule has 0 aliphatic heterocycles. The lowest BCUT2D eigenvalue weighted by Crippen LogP contribution is -2.16. The van der Waals surface area contributed by atoms with Crippen molar-refractivity contribution in [2.24, 2.45) is 0 Å². The van der Waals surface area contributed by atoms with Crippen molar-refractivity contribution in [2.45, 2.75) is 6.18 Å². The van der Waals surface area contributed by atoms with E-state index in [1.165, 1.54) is 12.1 Å². The Balaban J connectivity index is 2.89. The third kappa shape index (κ3) is 2.40. The first-order chi connectivity index (χ1) is 6.45. The highest BCUT2D eigenvalue weighted by Crippen LogP contribution is 2.30. The largest absolute Gasteiger partial charge is 0.416 e. The third-order valence-electron chi connectivity index (χ3n) is 1.97. The molecule has 0 saturated heterocycles. The standard InChI is InChI=1S/C10H11F3N/c1-3-14(2)9-6-4-8(5-7-9)10(11,12)13/h4-7H,1,3H2,2H3. The monoisotopic (exact) mass is 202 g/mol. The normalized spacial score (nSPS) is 11.5. The van der Waals surface area contributed by atoms with Gasteiger partial charge in [-0.25, -0.2) is 0 Å². The minimum absolute atomic E-state index is 0.519. The average Bonchev–Trinajstić information content (AvgIpc) is 2.15. The molecule has 1 radical (unpaired) electrons. The Kier molecular flexibility index (Phi) is 3.03. The van der Waals surface area contributed by atoms with Crippen LogP contribution in [0.5, 0.6) is 0 Å². The summed E-state index contributed by atoms with van der Waals surface area (Å²) in [4.78, 5) is 1.76. The first-order valence-electron chi connectivity index (χ1n) is 4.13. The molecule has 0 aromatic heterocycles. The lowest BCUT2D eigenvalue weighted by atomic mass is 10.2. The first kappa shape index (κ1) is 10.9. The Bertz CT molecular complexity index is 289. The summed E-state index contributed by atoms with van der Waals surface area (Å²) in [6.45, 7) is 4.16. The molecule has 0 aliphatic rings. The van der Waals surface area contributed by atoms with Crippen LogP contribution in [-0.2, 0) is 6.18 Å². The van der Waals surface area contributed by atoms with E-state index >= 15 is 0 Å². The van der Waals surface area contributed by atoms with Crippen molar-refractivity contribution in [1.29, 1.82) is 0 Å². The highest BCUT2D eigenvalue weighted by Gasteiger charge is 2.29. The highest BCUT2D eigenvalue weighted by molar-refractivity contribution is 5.47. The molecule has 0 amide bonds. The molecule has 1 aromatic rings. The zero-order valence-electron chi connectivity index (χ0n) is 7.80. The van der Waals surface area contributed by atoms with Crippen LogP contribution in [0.3, 0.4) is 0 Å². The van der Waals surface area contributed by atoms with Gasteiger partial charge in [-0.3, -0.25) is 0 Å². The average molecular weight is 202 g/mol. The summed E-state index contributed by atoms with van der Waals surface area (Å²) >= 11 is 0. The van der Waals surface area contributed by atoms with Crippen LogP contribution < -0.4 is 4.90 Å². The summed E-state index contributed by atoms with van der Waals surface area (Å²) in [6.07, 6.45) is -4.26. The number of hydrogen-bond acceptors (Lipinski definition) is 1. The van der Waals surface area contributed by atoms with Gasteiger partial charge in [0.05, 0.1) is 5.56 Å². The van der Waals surface area contributed by atoms with Crippen LogP contribution in [0.2, 0.25) is 0 Å². The summed E-state index contributed by atoms with van der Waals surface area (Å²) in [6, 6.07) is 5.02. The molecule has 14 heavy (non-hydrogen) atoms. The van der Waals surface area contributed by atoms with Crippen LogP contribution in [0, 0.1) is 6.92 Å². The maximum Gasteiger partial charge on any atom is 0.416 e. The summed E-state index contributed by atoms with van der Waals surface area (Å²) in [5, 5.41) is 0. The molecule has 0 bridgehead atoms. The molecule has 0 N–H and O–H groups in total. The van der Waals surface area contributed by atoms with E-state index in [2.05, 4.69) is 6.92 Å². The zero-order chi connectivity index (χ0) is 10.8. The second-order valence-corrected chi connectivity index (χ2v) is 2.97. The topological polar surface area (TPSA) is 3.24 Å². The predicted octanol–water partition coefficient (Wildman–Crippen LogP) is 2.98. The minimum Gasteiger partial charge on any atom is -0.375 e. The lowest BCUT2D eigenvalue weighted by Gasteiger charge is -2.17. The smallest absolute Gasteiger partial charge is 0.375 e. The van der Waals surface area contributed by atoms with Gasteiger partial charge in [-0.05, 0) is 31.2 Å². The van der Waals surface area contributed by atoms with Crippen molar-refractivity contribution in [3.05, 3.63) is 36.8 Å². The van der Waals surface area contributed by atoms with E-state index in [0.717, 1.165) is 17.8 Å². The molecule has 0 aliphatic carbocycles. The van der Waals surface area contributed by atoms with E-state index in [4.69, 9.17) is 0 Å². The fourth-order valence-corrected chi connectivity index (χ4v) is 1.03. The maximum absolute atomic E-state index is 12.2. The molecule has 1 rings (SSSR count). The SMILES string of the molecule is [CH2]CN(C)c1ccc(C(F)(F)F)cc1. The summed E-state index contributed by atoms with van der Waals surface area (Å²) in [5.74, 6) is 0. The van der Waals surface area contributed by atoms with Crippen molar-refractivity contribution in [3.63, 3.8) is 0 Å². The van der Waals surface area contributed by atoms with Gasteiger partial charge >= 0.3 is 6.18 Å². The second-order valence-electron chi connectivity index (χ2n) is 2.97. The van der Waals surface area contributed by atoms with E-state index in [-0.39, 0.29) is 0 Å². The van der Waals surface area contributed by atoms with Crippen molar-refractivity contribution in [2.75, 3.05) is 18.5 Å².